The van der Waals surface area contributed by atoms with E-state index in [1.54, 1.807) is 0 Å². The first kappa shape index (κ1) is 47.2. The van der Waals surface area contributed by atoms with Crippen LogP contribution in [0.4, 0.5) is 0 Å². The minimum atomic E-state index is -3.93. The molecule has 0 aromatic heterocycles. The van der Waals surface area contributed by atoms with Crippen molar-refractivity contribution in [3.8, 4) is 0 Å². The van der Waals surface area contributed by atoms with Crippen LogP contribution in [0.15, 0.2) is 91.0 Å². The highest BCUT2D eigenvalue weighted by molar-refractivity contribution is 7.53. The number of ether oxygens (including phenoxy) is 3. The number of hydrogen-bond donors (Lipinski definition) is 1. The Bertz CT molecular complexity index is 1950. The van der Waals surface area contributed by atoms with Gasteiger partial charge in [0.25, 0.3) is 0 Å². The van der Waals surface area contributed by atoms with Crippen LogP contribution in [-0.4, -0.2) is 42.1 Å². The van der Waals surface area contributed by atoms with Crippen molar-refractivity contribution in [2.24, 2.45) is 52.3 Å². The first-order valence-electron chi connectivity index (χ1n) is 23.5. The Balaban J connectivity index is 0.894. The van der Waals surface area contributed by atoms with Crippen molar-refractivity contribution < 1.29 is 47.3 Å². The Labute approximate surface area is 374 Å². The maximum absolute atomic E-state index is 14.4. The van der Waals surface area contributed by atoms with Crippen LogP contribution in [0.2, 0.25) is 0 Å². The molecule has 0 saturated heterocycles. The van der Waals surface area contributed by atoms with Gasteiger partial charge in [0.05, 0.1) is 31.4 Å². The number of aliphatic hydroxyl groups excluding tert-OH is 1. The SMILES string of the molecule is C[C@H](CCC(=O)OCOC(=O)CCC(CP(=O)(OCc1ccccc1)OCc1ccccc1)C(=O)OCc1ccccc1)C1CCC2C3CCC4C[C@H](O)CC[C@]4(C)C3CC[C@@]21C. The number of carbonyl (C=O) groups is 3. The largest absolute Gasteiger partial charge is 0.461 e. The fourth-order valence-electron chi connectivity index (χ4n) is 12.4. The van der Waals surface area contributed by atoms with Crippen molar-refractivity contribution >= 4 is 25.5 Å². The predicted molar refractivity (Wildman–Crippen MR) is 241 cm³/mol. The van der Waals surface area contributed by atoms with Gasteiger partial charge in [-0.2, -0.15) is 0 Å². The average molecular weight is 885 g/mol. The zero-order chi connectivity index (χ0) is 44.5. The molecule has 63 heavy (non-hydrogen) atoms. The van der Waals surface area contributed by atoms with Gasteiger partial charge in [0.1, 0.15) is 6.61 Å². The van der Waals surface area contributed by atoms with E-state index in [1.165, 1.54) is 38.5 Å². The molecule has 10 atom stereocenters. The number of benzene rings is 3. The average Bonchev–Trinajstić information content (AvgIpc) is 3.66. The number of carbonyl (C=O) groups excluding carboxylic acids is 3. The van der Waals surface area contributed by atoms with Crippen molar-refractivity contribution in [3.63, 3.8) is 0 Å². The molecule has 4 fully saturated rings. The zero-order valence-electron chi connectivity index (χ0n) is 37.6. The van der Waals surface area contributed by atoms with E-state index in [4.69, 9.17) is 23.3 Å². The molecule has 0 aliphatic heterocycles. The van der Waals surface area contributed by atoms with E-state index >= 15 is 0 Å². The summed E-state index contributed by atoms with van der Waals surface area (Å²) < 4.78 is 42.8. The van der Waals surface area contributed by atoms with E-state index in [2.05, 4.69) is 20.8 Å². The van der Waals surface area contributed by atoms with Crippen molar-refractivity contribution in [1.82, 2.24) is 0 Å². The molecule has 3 aromatic carbocycles. The van der Waals surface area contributed by atoms with Crippen LogP contribution in [0.5, 0.6) is 0 Å². The number of esters is 3. The molecule has 342 valence electrons. The summed E-state index contributed by atoms with van der Waals surface area (Å²) in [7, 11) is -3.93. The fourth-order valence-corrected chi connectivity index (χ4v) is 14.2. The molecule has 0 bridgehead atoms. The van der Waals surface area contributed by atoms with Crippen LogP contribution in [0.1, 0.15) is 121 Å². The molecule has 0 heterocycles. The molecular weight excluding hydrogens is 816 g/mol. The standard InChI is InChI=1S/C52H69O10P/c1-37(45-23-24-46-44-22-21-42-31-43(53)27-29-51(42,2)47(44)28-30-52(45,46)3)19-25-48(54)59-36-60-49(55)26-20-41(50(56)58-32-38-13-7-4-8-14-38)35-63(57,61-33-39-15-9-5-10-16-39)62-34-40-17-11-6-12-18-40/h4-18,37,41-47,53H,19-36H2,1-3H3/t37-,41?,42?,43-,44?,45?,46?,47?,51+,52-/m1/s1. The monoisotopic (exact) mass is 884 g/mol. The highest BCUT2D eigenvalue weighted by atomic mass is 31.2. The maximum atomic E-state index is 14.4. The maximum Gasteiger partial charge on any atom is 0.332 e. The van der Waals surface area contributed by atoms with E-state index in [0.29, 0.717) is 23.2 Å². The second-order valence-electron chi connectivity index (χ2n) is 19.6. The van der Waals surface area contributed by atoms with Crippen LogP contribution < -0.4 is 0 Å². The van der Waals surface area contributed by atoms with Crippen molar-refractivity contribution in [1.29, 1.82) is 0 Å². The second kappa shape index (κ2) is 21.4. The normalized spacial score (nSPS) is 28.7. The molecule has 0 spiro atoms. The summed E-state index contributed by atoms with van der Waals surface area (Å²) in [4.78, 5) is 39.6. The molecule has 0 amide bonds. The predicted octanol–water partition coefficient (Wildman–Crippen LogP) is 11.2. The van der Waals surface area contributed by atoms with Crippen molar-refractivity contribution in [3.05, 3.63) is 108 Å². The van der Waals surface area contributed by atoms with E-state index in [1.807, 2.05) is 91.0 Å². The molecule has 11 heteroatoms. The van der Waals surface area contributed by atoms with Gasteiger partial charge < -0.3 is 28.4 Å². The number of hydrogen-bond acceptors (Lipinski definition) is 10. The van der Waals surface area contributed by atoms with Crippen LogP contribution in [0.3, 0.4) is 0 Å². The van der Waals surface area contributed by atoms with Gasteiger partial charge in [-0.1, -0.05) is 112 Å². The summed E-state index contributed by atoms with van der Waals surface area (Å²) in [5.74, 6) is 1.10. The third-order valence-electron chi connectivity index (χ3n) is 15.9. The lowest BCUT2D eigenvalue weighted by Gasteiger charge is -2.61. The van der Waals surface area contributed by atoms with Gasteiger partial charge in [-0.05, 0) is 134 Å². The summed E-state index contributed by atoms with van der Waals surface area (Å²) in [6.07, 6.45) is 10.9. The second-order valence-corrected chi connectivity index (χ2v) is 21.7. The number of rotatable bonds is 20. The van der Waals surface area contributed by atoms with Crippen molar-refractivity contribution in [2.45, 2.75) is 130 Å². The van der Waals surface area contributed by atoms with Gasteiger partial charge >= 0.3 is 25.5 Å². The Kier molecular flexibility index (Phi) is 16.1. The smallest absolute Gasteiger partial charge is 0.332 e. The molecule has 0 radical (unpaired) electrons. The zero-order valence-corrected chi connectivity index (χ0v) is 38.5. The molecule has 10 nitrogen and oxygen atoms in total. The van der Waals surface area contributed by atoms with E-state index in [-0.39, 0.29) is 56.8 Å². The summed E-state index contributed by atoms with van der Waals surface area (Å²) in [6, 6.07) is 27.8. The topological polar surface area (TPSA) is 135 Å². The summed E-state index contributed by atoms with van der Waals surface area (Å²) in [6.45, 7) is 6.84. The fraction of sp³-hybridized carbons (Fsp3) is 0.596. The van der Waals surface area contributed by atoms with Crippen LogP contribution >= 0.6 is 7.60 Å². The van der Waals surface area contributed by atoms with E-state index in [9.17, 15) is 24.1 Å². The van der Waals surface area contributed by atoms with Crippen LogP contribution in [0.25, 0.3) is 0 Å². The van der Waals surface area contributed by atoms with Gasteiger partial charge in [0.15, 0.2) is 0 Å². The lowest BCUT2D eigenvalue weighted by atomic mass is 9.44. The van der Waals surface area contributed by atoms with Gasteiger partial charge in [-0.15, -0.1) is 0 Å². The third kappa shape index (κ3) is 11.9. The van der Waals surface area contributed by atoms with E-state index in [0.717, 1.165) is 60.1 Å². The molecular formula is C52H69O10P. The molecule has 4 aliphatic carbocycles. The Morgan fingerprint density at radius 3 is 1.81 bits per heavy atom. The minimum absolute atomic E-state index is 0.000828. The summed E-state index contributed by atoms with van der Waals surface area (Å²) in [5, 5.41) is 10.4. The van der Waals surface area contributed by atoms with E-state index < -0.39 is 38.2 Å². The molecule has 4 aliphatic rings. The highest BCUT2D eigenvalue weighted by Crippen LogP contribution is 2.68. The first-order chi connectivity index (χ1) is 30.3. The quantitative estimate of drug-likeness (QED) is 0.0664. The molecule has 6 unspecified atom stereocenters. The minimum Gasteiger partial charge on any atom is -0.461 e. The van der Waals surface area contributed by atoms with Gasteiger partial charge in [-0.3, -0.25) is 18.9 Å². The Hall–Kier alpha value is -3.82. The molecule has 3 aromatic rings. The summed E-state index contributed by atoms with van der Waals surface area (Å²) >= 11 is 0. The lowest BCUT2D eigenvalue weighted by Crippen LogP contribution is -2.54. The van der Waals surface area contributed by atoms with Crippen LogP contribution in [0, 0.1) is 52.3 Å². The van der Waals surface area contributed by atoms with Gasteiger partial charge in [0.2, 0.25) is 6.79 Å². The third-order valence-corrected chi connectivity index (χ3v) is 17.8. The lowest BCUT2D eigenvalue weighted by molar-refractivity contribution is -0.167. The van der Waals surface area contributed by atoms with Gasteiger partial charge in [0, 0.05) is 12.8 Å². The molecule has 7 rings (SSSR count). The van der Waals surface area contributed by atoms with Gasteiger partial charge in [-0.25, -0.2) is 0 Å². The Morgan fingerprint density at radius 2 is 1.21 bits per heavy atom. The molecule has 4 saturated carbocycles. The molecule has 1 N–H and O–H groups in total. The Morgan fingerprint density at radius 1 is 0.667 bits per heavy atom. The van der Waals surface area contributed by atoms with Crippen LogP contribution in [-0.2, 0) is 62.0 Å². The van der Waals surface area contributed by atoms with Crippen molar-refractivity contribution in [2.75, 3.05) is 13.0 Å². The number of fused-ring (bicyclic) bond motifs is 5. The number of aliphatic hydroxyl groups is 1. The first-order valence-corrected chi connectivity index (χ1v) is 25.2. The highest BCUT2D eigenvalue weighted by Gasteiger charge is 2.60. The summed E-state index contributed by atoms with van der Waals surface area (Å²) in [5.41, 5.74) is 2.99.